The van der Waals surface area contributed by atoms with Crippen LogP contribution in [0.15, 0.2) is 24.3 Å². The third-order valence-electron chi connectivity index (χ3n) is 4.50. The van der Waals surface area contributed by atoms with Gasteiger partial charge in [0.15, 0.2) is 5.92 Å². The van der Waals surface area contributed by atoms with Crippen molar-refractivity contribution in [1.82, 2.24) is 0 Å². The molecule has 156 valence electrons. The van der Waals surface area contributed by atoms with Gasteiger partial charge < -0.3 is 14.4 Å². The number of amides is 2. The predicted octanol–water partition coefficient (Wildman–Crippen LogP) is 4.19. The number of rotatable bonds is 4. The number of hydrogen-bond acceptors (Lipinski definition) is 5. The average Bonchev–Trinajstić information content (AvgIpc) is 2.88. The summed E-state index contributed by atoms with van der Waals surface area (Å²) in [6.45, 7) is 5.80. The molecule has 1 atom stereocenters. The Labute approximate surface area is 171 Å². The van der Waals surface area contributed by atoms with Crippen LogP contribution in [0.5, 0.6) is 0 Å². The van der Waals surface area contributed by atoms with Crippen LogP contribution in [0.3, 0.4) is 0 Å². The highest BCUT2D eigenvalue weighted by Crippen LogP contribution is 2.27. The number of ether oxygens (including phenoxy) is 2. The Kier molecular flexibility index (Phi) is 7.77. The summed E-state index contributed by atoms with van der Waals surface area (Å²) in [5.41, 5.74) is 1.39. The molecule has 0 aliphatic carbocycles. The number of fused-ring (bicyclic) bond motifs is 1. The number of methoxy groups -OCH3 is 1. The van der Waals surface area contributed by atoms with Crippen molar-refractivity contribution in [2.24, 2.45) is 5.92 Å². The van der Waals surface area contributed by atoms with Crippen molar-refractivity contribution in [3.63, 3.8) is 0 Å². The number of anilines is 1. The van der Waals surface area contributed by atoms with Gasteiger partial charge in [-0.1, -0.05) is 18.2 Å². The maximum Gasteiger partial charge on any atom is 0.728 e. The molecule has 1 aromatic carbocycles. The predicted molar refractivity (Wildman–Crippen MR) is 110 cm³/mol. The molecule has 0 bridgehead atoms. The minimum absolute atomic E-state index is 0.0766. The number of carbonyl (C=O) groups excluding carboxylic acids is 3. The van der Waals surface area contributed by atoms with E-state index in [1.807, 2.05) is 24.3 Å². The number of nitrogens with zero attached hydrogens (tertiary/aromatic N) is 2. The lowest BCUT2D eigenvalue weighted by Gasteiger charge is -2.23. The molecule has 0 N–H and O–H groups in total. The number of para-hydroxylation sites is 1. The molecule has 1 aliphatic rings. The molecule has 0 saturated carbocycles. The fraction of sp³-hybridized carbons (Fsp3) is 0.545. The van der Waals surface area contributed by atoms with Gasteiger partial charge in [-0.05, 0) is 58.1 Å². The second-order valence-corrected chi connectivity index (χ2v) is 7.97. The molecular weight excluding hydrogens is 372 g/mol. The van der Waals surface area contributed by atoms with Crippen LogP contribution in [-0.4, -0.2) is 37.2 Å². The summed E-state index contributed by atoms with van der Waals surface area (Å²) in [4.78, 5) is 42.0. The van der Waals surface area contributed by atoms with Gasteiger partial charge in [0.25, 0.3) is 0 Å². The third-order valence-corrected chi connectivity index (χ3v) is 4.50. The molecule has 0 radical (unpaired) electrons. The Balaban J connectivity index is 2.07. The Morgan fingerprint density at radius 1 is 1.21 bits per heavy atom. The van der Waals surface area contributed by atoms with Crippen molar-refractivity contribution >= 4 is 23.7 Å². The summed E-state index contributed by atoms with van der Waals surface area (Å²) in [6.07, 6.45) is 2.33. The van der Waals surface area contributed by atoms with E-state index in [9.17, 15) is 14.4 Å². The molecule has 7 nitrogen and oxygen atoms in total. The third kappa shape index (κ3) is 6.90. The minimum Gasteiger partial charge on any atom is -0.468 e. The van der Waals surface area contributed by atoms with E-state index in [1.165, 1.54) is 7.11 Å². The summed E-state index contributed by atoms with van der Waals surface area (Å²) in [5, 5.41) is 0. The molecule has 1 aliphatic heterocycles. The lowest BCUT2D eigenvalue weighted by molar-refractivity contribution is -0.143. The summed E-state index contributed by atoms with van der Waals surface area (Å²) in [7, 11) is 1.25. The van der Waals surface area contributed by atoms with E-state index in [-0.39, 0.29) is 18.7 Å². The van der Waals surface area contributed by atoms with Crippen LogP contribution in [0.4, 0.5) is 10.5 Å². The molecule has 1 unspecified atom stereocenters. The number of hydrogen-bond donors (Lipinski definition) is 0. The zero-order valence-corrected chi connectivity index (χ0v) is 17.6. The van der Waals surface area contributed by atoms with E-state index in [1.54, 1.807) is 25.7 Å². The Morgan fingerprint density at radius 2 is 1.93 bits per heavy atom. The van der Waals surface area contributed by atoms with Crippen LogP contribution < -0.4 is 4.90 Å². The van der Waals surface area contributed by atoms with Crippen LogP contribution >= 0.6 is 0 Å². The van der Waals surface area contributed by atoms with Gasteiger partial charge in [0, 0.05) is 18.7 Å². The van der Waals surface area contributed by atoms with E-state index >= 15 is 0 Å². The molecule has 0 fully saturated rings. The van der Waals surface area contributed by atoms with Crippen molar-refractivity contribution in [3.05, 3.63) is 34.7 Å². The van der Waals surface area contributed by atoms with E-state index in [0.29, 0.717) is 6.54 Å². The first-order chi connectivity index (χ1) is 13.7. The quantitative estimate of drug-likeness (QED) is 0.707. The zero-order chi connectivity index (χ0) is 21.4. The van der Waals surface area contributed by atoms with Gasteiger partial charge in [-0.25, -0.2) is 0 Å². The van der Waals surface area contributed by atoms with Crippen molar-refractivity contribution in [1.29, 1.82) is 0 Å². The highest BCUT2D eigenvalue weighted by molar-refractivity contribution is 5.94. The molecule has 2 amide bonds. The van der Waals surface area contributed by atoms with E-state index in [4.69, 9.17) is 9.47 Å². The van der Waals surface area contributed by atoms with Gasteiger partial charge in [0.1, 0.15) is 5.60 Å². The second-order valence-electron chi connectivity index (χ2n) is 7.97. The van der Waals surface area contributed by atoms with E-state index in [0.717, 1.165) is 30.5 Å². The number of aryl methyl sites for hydroxylation is 1. The molecular formula is C22H29N2O5+. The Hall–Kier alpha value is -2.88. The lowest BCUT2D eigenvalue weighted by atomic mass is 10.0. The summed E-state index contributed by atoms with van der Waals surface area (Å²) in [5.74, 6) is -1.59. The lowest BCUT2D eigenvalue weighted by Crippen LogP contribution is -2.32. The molecule has 2 rings (SSSR count). The SMILES string of the molecule is COC(=O)C(C#[N+]C(=O)OC(C)(C)C)CCC(=O)N1CCCCc2ccccc21. The van der Waals surface area contributed by atoms with E-state index in [2.05, 4.69) is 10.9 Å². The number of esters is 1. The van der Waals surface area contributed by atoms with Crippen LogP contribution in [-0.2, 0) is 25.5 Å². The fourth-order valence-electron chi connectivity index (χ4n) is 3.15. The molecule has 1 heterocycles. The molecule has 29 heavy (non-hydrogen) atoms. The average molecular weight is 401 g/mol. The van der Waals surface area contributed by atoms with Crippen LogP contribution in [0.25, 0.3) is 4.85 Å². The highest BCUT2D eigenvalue weighted by Gasteiger charge is 2.29. The minimum atomic E-state index is -0.918. The van der Waals surface area contributed by atoms with E-state index < -0.39 is 23.6 Å². The van der Waals surface area contributed by atoms with Gasteiger partial charge in [0.2, 0.25) is 5.91 Å². The van der Waals surface area contributed by atoms with Gasteiger partial charge >= 0.3 is 18.1 Å². The first-order valence-corrected chi connectivity index (χ1v) is 9.86. The zero-order valence-electron chi connectivity index (χ0n) is 17.6. The maximum atomic E-state index is 12.9. The smallest absolute Gasteiger partial charge is 0.468 e. The van der Waals surface area contributed by atoms with Crippen LogP contribution in [0, 0.1) is 12.0 Å². The van der Waals surface area contributed by atoms with Crippen molar-refractivity contribution in [3.8, 4) is 6.07 Å². The monoisotopic (exact) mass is 401 g/mol. The topological polar surface area (TPSA) is 77.3 Å². The normalized spacial score (nSPS) is 14.6. The number of benzene rings is 1. The molecule has 7 heteroatoms. The van der Waals surface area contributed by atoms with Crippen molar-refractivity contribution in [2.75, 3.05) is 18.6 Å². The van der Waals surface area contributed by atoms with Gasteiger partial charge in [-0.15, -0.1) is 0 Å². The van der Waals surface area contributed by atoms with Crippen LogP contribution in [0.1, 0.15) is 52.0 Å². The second kappa shape index (κ2) is 10.1. The Morgan fingerprint density at radius 3 is 2.62 bits per heavy atom. The standard InChI is InChI=1S/C22H29N2O5/c1-22(2,3)29-21(27)23-15-17(20(26)28-4)12-13-19(25)24-14-8-7-10-16-9-5-6-11-18(16)24/h5-6,9,11,17H,7-8,10,12-14H2,1-4H3/q+1. The number of carbonyl (C=O) groups is 3. The Bertz CT molecular complexity index is 816. The van der Waals surface area contributed by atoms with Crippen molar-refractivity contribution < 1.29 is 23.9 Å². The first kappa shape index (κ1) is 22.4. The van der Waals surface area contributed by atoms with Crippen LogP contribution in [0.2, 0.25) is 0 Å². The van der Waals surface area contributed by atoms with Gasteiger partial charge in [-0.3, -0.25) is 9.59 Å². The highest BCUT2D eigenvalue weighted by atomic mass is 16.6. The fourth-order valence-corrected chi connectivity index (χ4v) is 3.15. The largest absolute Gasteiger partial charge is 0.728 e. The van der Waals surface area contributed by atoms with Crippen molar-refractivity contribution in [2.45, 2.75) is 58.5 Å². The molecule has 0 aromatic heterocycles. The summed E-state index contributed by atoms with van der Waals surface area (Å²) < 4.78 is 9.84. The summed E-state index contributed by atoms with van der Waals surface area (Å²) >= 11 is 0. The molecule has 1 aromatic rings. The first-order valence-electron chi connectivity index (χ1n) is 9.86. The molecule has 0 spiro atoms. The maximum absolute atomic E-state index is 12.9. The molecule has 0 saturated heterocycles. The summed E-state index contributed by atoms with van der Waals surface area (Å²) in [6, 6.07) is 10.4. The van der Waals surface area contributed by atoms with Gasteiger partial charge in [-0.2, -0.15) is 4.79 Å². The van der Waals surface area contributed by atoms with Gasteiger partial charge in [0.05, 0.1) is 12.0 Å².